The van der Waals surface area contributed by atoms with Crippen molar-refractivity contribution in [3.8, 4) is 5.75 Å². The fourth-order valence-corrected chi connectivity index (χ4v) is 2.53. The molecule has 2 heterocycles. The molecule has 2 aromatic rings. The standard InChI is InChI=1S/C14H12BrNO2/c15-10-3-4-11-12(17)7-13(18-14(11)6-10)9-2-1-5-16-8-9/h1-6,8,12-13,17H,7H2. The van der Waals surface area contributed by atoms with E-state index < -0.39 is 6.10 Å². The van der Waals surface area contributed by atoms with Gasteiger partial charge in [-0.1, -0.05) is 28.1 Å². The van der Waals surface area contributed by atoms with Crippen molar-refractivity contribution in [3.05, 3.63) is 58.3 Å². The van der Waals surface area contributed by atoms with E-state index in [2.05, 4.69) is 20.9 Å². The molecule has 3 nitrogen and oxygen atoms in total. The second-order valence-electron chi connectivity index (χ2n) is 4.33. The lowest BCUT2D eigenvalue weighted by atomic mass is 9.96. The number of aliphatic hydroxyl groups is 1. The van der Waals surface area contributed by atoms with Crippen LogP contribution in [0.1, 0.15) is 29.8 Å². The number of hydrogen-bond acceptors (Lipinski definition) is 3. The predicted octanol–water partition coefficient (Wildman–Crippen LogP) is 3.40. The molecule has 0 bridgehead atoms. The summed E-state index contributed by atoms with van der Waals surface area (Å²) in [5.74, 6) is 0.733. The number of aliphatic hydroxyl groups excluding tert-OH is 1. The van der Waals surface area contributed by atoms with E-state index in [-0.39, 0.29) is 6.10 Å². The van der Waals surface area contributed by atoms with Gasteiger partial charge in [0.2, 0.25) is 0 Å². The lowest BCUT2D eigenvalue weighted by molar-refractivity contribution is 0.0655. The van der Waals surface area contributed by atoms with Crippen LogP contribution in [0.5, 0.6) is 5.75 Å². The number of halogens is 1. The molecule has 1 aliphatic heterocycles. The minimum Gasteiger partial charge on any atom is -0.485 e. The Kier molecular flexibility index (Phi) is 3.06. The smallest absolute Gasteiger partial charge is 0.128 e. The van der Waals surface area contributed by atoms with E-state index in [0.717, 1.165) is 21.3 Å². The fraction of sp³-hybridized carbons (Fsp3) is 0.214. The molecule has 92 valence electrons. The first-order chi connectivity index (χ1) is 8.74. The van der Waals surface area contributed by atoms with Gasteiger partial charge in [0.1, 0.15) is 11.9 Å². The van der Waals surface area contributed by atoms with Crippen LogP contribution in [-0.4, -0.2) is 10.1 Å². The molecule has 0 radical (unpaired) electrons. The van der Waals surface area contributed by atoms with Crippen molar-refractivity contribution < 1.29 is 9.84 Å². The van der Waals surface area contributed by atoms with Crippen LogP contribution in [0.2, 0.25) is 0 Å². The van der Waals surface area contributed by atoms with Gasteiger partial charge in [-0.2, -0.15) is 0 Å². The monoisotopic (exact) mass is 305 g/mol. The Morgan fingerprint density at radius 2 is 2.22 bits per heavy atom. The van der Waals surface area contributed by atoms with Gasteiger partial charge in [-0.15, -0.1) is 0 Å². The summed E-state index contributed by atoms with van der Waals surface area (Å²) in [4.78, 5) is 4.09. The highest BCUT2D eigenvalue weighted by atomic mass is 79.9. The van der Waals surface area contributed by atoms with E-state index in [1.165, 1.54) is 0 Å². The molecule has 0 aliphatic carbocycles. The maximum atomic E-state index is 10.2. The van der Waals surface area contributed by atoms with E-state index >= 15 is 0 Å². The summed E-state index contributed by atoms with van der Waals surface area (Å²) in [6.07, 6.45) is 3.43. The van der Waals surface area contributed by atoms with Gasteiger partial charge >= 0.3 is 0 Å². The van der Waals surface area contributed by atoms with Gasteiger partial charge in [-0.25, -0.2) is 0 Å². The third-order valence-electron chi connectivity index (χ3n) is 3.10. The van der Waals surface area contributed by atoms with Gasteiger partial charge in [0, 0.05) is 34.4 Å². The van der Waals surface area contributed by atoms with E-state index in [0.29, 0.717) is 6.42 Å². The first kappa shape index (κ1) is 11.7. The molecule has 4 heteroatoms. The van der Waals surface area contributed by atoms with E-state index in [9.17, 15) is 5.11 Å². The molecule has 1 N–H and O–H groups in total. The topological polar surface area (TPSA) is 42.4 Å². The summed E-state index contributed by atoms with van der Waals surface area (Å²) >= 11 is 3.41. The number of hydrogen-bond donors (Lipinski definition) is 1. The van der Waals surface area contributed by atoms with Crippen LogP contribution in [0, 0.1) is 0 Å². The first-order valence-electron chi connectivity index (χ1n) is 5.78. The zero-order chi connectivity index (χ0) is 12.5. The first-order valence-corrected chi connectivity index (χ1v) is 6.57. The minimum absolute atomic E-state index is 0.143. The van der Waals surface area contributed by atoms with Crippen molar-refractivity contribution in [3.63, 3.8) is 0 Å². The number of fused-ring (bicyclic) bond motifs is 1. The average Bonchev–Trinajstić information content (AvgIpc) is 2.39. The largest absolute Gasteiger partial charge is 0.485 e. The summed E-state index contributed by atoms with van der Waals surface area (Å²) in [6, 6.07) is 9.54. The molecule has 1 aliphatic rings. The third-order valence-corrected chi connectivity index (χ3v) is 3.59. The van der Waals surface area contributed by atoms with Crippen molar-refractivity contribution in [1.29, 1.82) is 0 Å². The molecule has 0 amide bonds. The van der Waals surface area contributed by atoms with Crippen LogP contribution in [0.3, 0.4) is 0 Å². The molecule has 1 aromatic heterocycles. The van der Waals surface area contributed by atoms with Crippen molar-refractivity contribution in [1.82, 2.24) is 4.98 Å². The number of nitrogens with zero attached hydrogens (tertiary/aromatic N) is 1. The van der Waals surface area contributed by atoms with E-state index in [1.54, 1.807) is 12.4 Å². The van der Waals surface area contributed by atoms with Gasteiger partial charge in [0.05, 0.1) is 6.10 Å². The zero-order valence-corrected chi connectivity index (χ0v) is 11.2. The van der Waals surface area contributed by atoms with Crippen LogP contribution in [0.4, 0.5) is 0 Å². The normalized spacial score (nSPS) is 22.1. The summed E-state index contributed by atoms with van der Waals surface area (Å²) in [6.45, 7) is 0. The molecular weight excluding hydrogens is 294 g/mol. The van der Waals surface area contributed by atoms with Crippen LogP contribution >= 0.6 is 15.9 Å². The second kappa shape index (κ2) is 4.71. The SMILES string of the molecule is OC1CC(c2cccnc2)Oc2cc(Br)ccc21. The Morgan fingerprint density at radius 1 is 1.33 bits per heavy atom. The molecular formula is C14H12BrNO2. The van der Waals surface area contributed by atoms with Gasteiger partial charge in [-0.3, -0.25) is 4.98 Å². The minimum atomic E-state index is -0.493. The van der Waals surface area contributed by atoms with Gasteiger partial charge in [-0.05, 0) is 18.2 Å². The van der Waals surface area contributed by atoms with Crippen molar-refractivity contribution >= 4 is 15.9 Å². The van der Waals surface area contributed by atoms with Gasteiger partial charge < -0.3 is 9.84 Å². The maximum Gasteiger partial charge on any atom is 0.128 e. The van der Waals surface area contributed by atoms with Gasteiger partial charge in [0.25, 0.3) is 0 Å². The van der Waals surface area contributed by atoms with E-state index in [4.69, 9.17) is 4.74 Å². The van der Waals surface area contributed by atoms with Crippen LogP contribution in [-0.2, 0) is 0 Å². The fourth-order valence-electron chi connectivity index (χ4n) is 2.19. The molecule has 2 atom stereocenters. The zero-order valence-electron chi connectivity index (χ0n) is 9.58. The van der Waals surface area contributed by atoms with Crippen molar-refractivity contribution in [2.45, 2.75) is 18.6 Å². The molecule has 0 saturated heterocycles. The molecule has 0 spiro atoms. The maximum absolute atomic E-state index is 10.2. The number of benzene rings is 1. The summed E-state index contributed by atoms with van der Waals surface area (Å²) in [5.41, 5.74) is 1.83. The van der Waals surface area contributed by atoms with Gasteiger partial charge in [0.15, 0.2) is 0 Å². The summed E-state index contributed by atoms with van der Waals surface area (Å²) in [5, 5.41) is 10.2. The average molecular weight is 306 g/mol. The molecule has 2 unspecified atom stereocenters. The third kappa shape index (κ3) is 2.13. The Hall–Kier alpha value is -1.39. The molecule has 0 fully saturated rings. The van der Waals surface area contributed by atoms with Crippen molar-refractivity contribution in [2.24, 2.45) is 0 Å². The molecule has 0 saturated carbocycles. The Morgan fingerprint density at radius 3 is 3.00 bits per heavy atom. The summed E-state index contributed by atoms with van der Waals surface area (Å²) in [7, 11) is 0. The number of ether oxygens (including phenoxy) is 1. The second-order valence-corrected chi connectivity index (χ2v) is 5.24. The lowest BCUT2D eigenvalue weighted by Gasteiger charge is -2.29. The molecule has 18 heavy (non-hydrogen) atoms. The van der Waals surface area contributed by atoms with Crippen molar-refractivity contribution in [2.75, 3.05) is 0 Å². The highest BCUT2D eigenvalue weighted by Crippen LogP contribution is 2.41. The van der Waals surface area contributed by atoms with Crippen LogP contribution in [0.25, 0.3) is 0 Å². The predicted molar refractivity (Wildman–Crippen MR) is 71.3 cm³/mol. The van der Waals surface area contributed by atoms with E-state index in [1.807, 2.05) is 30.3 Å². The molecule has 3 rings (SSSR count). The highest BCUT2D eigenvalue weighted by Gasteiger charge is 2.28. The Bertz CT molecular complexity index is 559. The molecule has 1 aromatic carbocycles. The Labute approximate surface area is 114 Å². The summed E-state index contributed by atoms with van der Waals surface area (Å²) < 4.78 is 6.88. The number of aromatic nitrogens is 1. The number of pyridine rings is 1. The Balaban J connectivity index is 1.96. The van der Waals surface area contributed by atoms with Crippen LogP contribution < -0.4 is 4.74 Å². The quantitative estimate of drug-likeness (QED) is 0.878. The number of rotatable bonds is 1. The lowest BCUT2D eigenvalue weighted by Crippen LogP contribution is -2.19. The van der Waals surface area contributed by atoms with Crippen LogP contribution in [0.15, 0.2) is 47.2 Å². The highest BCUT2D eigenvalue weighted by molar-refractivity contribution is 9.10.